The molecule has 1 saturated heterocycles. The van der Waals surface area contributed by atoms with Gasteiger partial charge in [0.15, 0.2) is 0 Å². The van der Waals surface area contributed by atoms with Gasteiger partial charge in [0.05, 0.1) is 9.93 Å². The van der Waals surface area contributed by atoms with Gasteiger partial charge in [0, 0.05) is 18.5 Å². The molecule has 23 heavy (non-hydrogen) atoms. The number of hydrogen-bond acceptors (Lipinski definition) is 4. The molecule has 1 fully saturated rings. The van der Waals surface area contributed by atoms with Gasteiger partial charge in [-0.2, -0.15) is 0 Å². The van der Waals surface area contributed by atoms with Crippen LogP contribution in [0.2, 0.25) is 5.02 Å². The standard InChI is InChI=1S/C14H10ClF2NO3S2/c15-12-7(8(16)3-4-9(12)17)6-10-13(21)18(14(22)23-10)5-1-2-11(19)20/h3-4,6H,1-2,5H2,(H,19,20). The molecule has 1 aliphatic heterocycles. The van der Waals surface area contributed by atoms with E-state index in [0.29, 0.717) is 0 Å². The Kier molecular flexibility index (Phi) is 5.72. The average molecular weight is 378 g/mol. The summed E-state index contributed by atoms with van der Waals surface area (Å²) in [6.07, 6.45) is 1.29. The van der Waals surface area contributed by atoms with Crippen molar-refractivity contribution in [1.29, 1.82) is 0 Å². The van der Waals surface area contributed by atoms with Gasteiger partial charge in [-0.1, -0.05) is 35.6 Å². The van der Waals surface area contributed by atoms with Crippen LogP contribution in [-0.4, -0.2) is 32.7 Å². The Morgan fingerprint density at radius 3 is 2.70 bits per heavy atom. The van der Waals surface area contributed by atoms with Crippen LogP contribution in [0, 0.1) is 11.6 Å². The minimum absolute atomic E-state index is 0.0968. The number of nitrogens with zero attached hydrogens (tertiary/aromatic N) is 1. The number of benzene rings is 1. The Bertz CT molecular complexity index is 724. The normalized spacial score (nSPS) is 16.5. The van der Waals surface area contributed by atoms with E-state index < -0.39 is 28.5 Å². The molecule has 0 aromatic heterocycles. The van der Waals surface area contributed by atoms with Gasteiger partial charge in [-0.25, -0.2) is 8.78 Å². The van der Waals surface area contributed by atoms with E-state index in [4.69, 9.17) is 28.9 Å². The highest BCUT2D eigenvalue weighted by Crippen LogP contribution is 2.35. The second-order valence-electron chi connectivity index (χ2n) is 4.59. The average Bonchev–Trinajstić information content (AvgIpc) is 2.74. The number of halogens is 3. The van der Waals surface area contributed by atoms with Gasteiger partial charge in [-0.15, -0.1) is 0 Å². The van der Waals surface area contributed by atoms with Gasteiger partial charge in [0.25, 0.3) is 5.91 Å². The maximum atomic E-state index is 13.8. The molecule has 0 saturated carbocycles. The fourth-order valence-corrected chi connectivity index (χ4v) is 3.39. The maximum absolute atomic E-state index is 13.8. The minimum atomic E-state index is -0.973. The summed E-state index contributed by atoms with van der Waals surface area (Å²) in [6, 6.07) is 1.81. The van der Waals surface area contributed by atoms with E-state index in [1.807, 2.05) is 0 Å². The summed E-state index contributed by atoms with van der Waals surface area (Å²) in [5.74, 6) is -3.01. The molecule has 1 N–H and O–H groups in total. The van der Waals surface area contributed by atoms with E-state index >= 15 is 0 Å². The molecule has 0 aliphatic carbocycles. The lowest BCUT2D eigenvalue weighted by atomic mass is 10.2. The lowest BCUT2D eigenvalue weighted by Gasteiger charge is -2.13. The maximum Gasteiger partial charge on any atom is 0.303 e. The molecule has 0 unspecified atom stereocenters. The summed E-state index contributed by atoms with van der Waals surface area (Å²) in [5, 5.41) is 8.19. The van der Waals surface area contributed by atoms with Crippen molar-refractivity contribution in [2.24, 2.45) is 0 Å². The molecule has 0 spiro atoms. The highest BCUT2D eigenvalue weighted by Gasteiger charge is 2.32. The molecule has 0 radical (unpaired) electrons. The van der Waals surface area contributed by atoms with Crippen molar-refractivity contribution in [3.8, 4) is 0 Å². The highest BCUT2D eigenvalue weighted by atomic mass is 35.5. The smallest absolute Gasteiger partial charge is 0.303 e. The number of thioether (sulfide) groups is 1. The van der Waals surface area contributed by atoms with Gasteiger partial charge in [-0.3, -0.25) is 14.5 Å². The second-order valence-corrected chi connectivity index (χ2v) is 6.64. The lowest BCUT2D eigenvalue weighted by molar-refractivity contribution is -0.137. The summed E-state index contributed by atoms with van der Waals surface area (Å²) in [6.45, 7) is 0.146. The SMILES string of the molecule is O=C(O)CCCN1C(=O)C(=Cc2c(F)ccc(F)c2Cl)SC1=S. The molecule has 1 aromatic rings. The van der Waals surface area contributed by atoms with E-state index in [2.05, 4.69) is 0 Å². The Hall–Kier alpha value is -1.51. The molecular formula is C14H10ClF2NO3S2. The third kappa shape index (κ3) is 4.07. The molecule has 1 aliphatic rings. The van der Waals surface area contributed by atoms with E-state index in [0.717, 1.165) is 30.0 Å². The predicted octanol–water partition coefficient (Wildman–Crippen LogP) is 3.68. The number of carbonyl (C=O) groups excluding carboxylic acids is 1. The number of thiocarbonyl (C=S) groups is 1. The highest BCUT2D eigenvalue weighted by molar-refractivity contribution is 8.26. The van der Waals surface area contributed by atoms with Gasteiger partial charge >= 0.3 is 5.97 Å². The van der Waals surface area contributed by atoms with Crippen molar-refractivity contribution in [3.05, 3.63) is 39.3 Å². The summed E-state index contributed by atoms with van der Waals surface area (Å²) in [7, 11) is 0. The van der Waals surface area contributed by atoms with Crippen LogP contribution >= 0.6 is 35.6 Å². The first-order valence-corrected chi connectivity index (χ1v) is 8.02. The molecule has 4 nitrogen and oxygen atoms in total. The summed E-state index contributed by atoms with van der Waals surface area (Å²) in [4.78, 5) is 24.1. The Morgan fingerprint density at radius 2 is 2.04 bits per heavy atom. The van der Waals surface area contributed by atoms with Crippen molar-refractivity contribution in [2.45, 2.75) is 12.8 Å². The third-order valence-corrected chi connectivity index (χ3v) is 4.76. The molecule has 1 amide bonds. The topological polar surface area (TPSA) is 57.6 Å². The van der Waals surface area contributed by atoms with Crippen LogP contribution in [0.3, 0.4) is 0 Å². The van der Waals surface area contributed by atoms with Crippen molar-refractivity contribution in [1.82, 2.24) is 4.90 Å². The molecule has 0 bridgehead atoms. The van der Waals surface area contributed by atoms with Crippen LogP contribution in [0.1, 0.15) is 18.4 Å². The van der Waals surface area contributed by atoms with Crippen molar-refractivity contribution in [3.63, 3.8) is 0 Å². The lowest BCUT2D eigenvalue weighted by Crippen LogP contribution is -2.29. The Morgan fingerprint density at radius 1 is 1.39 bits per heavy atom. The van der Waals surface area contributed by atoms with Crippen molar-refractivity contribution < 1.29 is 23.5 Å². The van der Waals surface area contributed by atoms with Crippen LogP contribution in [0.25, 0.3) is 6.08 Å². The van der Waals surface area contributed by atoms with Gasteiger partial charge in [0.1, 0.15) is 16.0 Å². The number of carboxylic acids is 1. The van der Waals surface area contributed by atoms with Crippen LogP contribution in [0.5, 0.6) is 0 Å². The number of amides is 1. The monoisotopic (exact) mass is 377 g/mol. The molecule has 2 rings (SSSR count). The fourth-order valence-electron chi connectivity index (χ4n) is 1.89. The van der Waals surface area contributed by atoms with Crippen molar-refractivity contribution >= 4 is 57.9 Å². The van der Waals surface area contributed by atoms with Crippen LogP contribution < -0.4 is 0 Å². The zero-order chi connectivity index (χ0) is 17.1. The zero-order valence-electron chi connectivity index (χ0n) is 11.5. The quantitative estimate of drug-likeness (QED) is 0.482. The van der Waals surface area contributed by atoms with E-state index in [1.165, 1.54) is 4.90 Å². The minimum Gasteiger partial charge on any atom is -0.481 e. The van der Waals surface area contributed by atoms with Crippen LogP contribution in [0.15, 0.2) is 17.0 Å². The van der Waals surface area contributed by atoms with E-state index in [9.17, 15) is 18.4 Å². The van der Waals surface area contributed by atoms with Crippen LogP contribution in [-0.2, 0) is 9.59 Å². The number of rotatable bonds is 5. The number of carboxylic acid groups (broad SMARTS) is 1. The summed E-state index contributed by atoms with van der Waals surface area (Å²) < 4.78 is 27.4. The zero-order valence-corrected chi connectivity index (χ0v) is 13.9. The van der Waals surface area contributed by atoms with Gasteiger partial charge < -0.3 is 5.11 Å². The van der Waals surface area contributed by atoms with Crippen molar-refractivity contribution in [2.75, 3.05) is 6.54 Å². The number of aliphatic carboxylic acids is 1. The summed E-state index contributed by atoms with van der Waals surface area (Å²) in [5.41, 5.74) is -0.224. The molecule has 1 heterocycles. The van der Waals surface area contributed by atoms with E-state index in [-0.39, 0.29) is 34.2 Å². The van der Waals surface area contributed by atoms with Gasteiger partial charge in [0.2, 0.25) is 0 Å². The first kappa shape index (κ1) is 17.8. The third-order valence-electron chi connectivity index (χ3n) is 3.00. The Labute approximate surface area is 145 Å². The first-order chi connectivity index (χ1) is 10.8. The molecule has 9 heteroatoms. The molecule has 122 valence electrons. The summed E-state index contributed by atoms with van der Waals surface area (Å²) >= 11 is 11.7. The fraction of sp³-hybridized carbons (Fsp3) is 0.214. The Balaban J connectivity index is 2.22. The predicted molar refractivity (Wildman–Crippen MR) is 88.1 cm³/mol. The first-order valence-electron chi connectivity index (χ1n) is 6.42. The van der Waals surface area contributed by atoms with Crippen LogP contribution in [0.4, 0.5) is 8.78 Å². The molecule has 1 aromatic carbocycles. The molecular weight excluding hydrogens is 368 g/mol. The number of hydrogen-bond donors (Lipinski definition) is 1. The second kappa shape index (κ2) is 7.37. The van der Waals surface area contributed by atoms with Gasteiger partial charge in [-0.05, 0) is 24.6 Å². The number of carbonyl (C=O) groups is 2. The van der Waals surface area contributed by atoms with E-state index in [1.54, 1.807) is 0 Å². The molecule has 0 atom stereocenters. The largest absolute Gasteiger partial charge is 0.481 e.